The highest BCUT2D eigenvalue weighted by atomic mass is 35.5. The van der Waals surface area contributed by atoms with Crippen molar-refractivity contribution < 1.29 is 9.53 Å². The van der Waals surface area contributed by atoms with Gasteiger partial charge in [-0.05, 0) is 25.8 Å². The van der Waals surface area contributed by atoms with Crippen LogP contribution in [-0.4, -0.2) is 57.2 Å². The van der Waals surface area contributed by atoms with Crippen molar-refractivity contribution in [2.24, 2.45) is 11.7 Å². The Hall–Kier alpha value is -0.0700. The van der Waals surface area contributed by atoms with E-state index >= 15 is 0 Å². The van der Waals surface area contributed by atoms with Crippen LogP contribution in [0.5, 0.6) is 0 Å². The lowest BCUT2D eigenvalue weighted by Gasteiger charge is -2.18. The van der Waals surface area contributed by atoms with Crippen LogP contribution in [0, 0.1) is 5.92 Å². The predicted molar refractivity (Wildman–Crippen MR) is 86.8 cm³/mol. The van der Waals surface area contributed by atoms with Crippen LogP contribution in [0.2, 0.25) is 0 Å². The molecule has 7 heteroatoms. The van der Waals surface area contributed by atoms with E-state index in [1.807, 2.05) is 7.05 Å². The molecule has 1 aliphatic carbocycles. The Labute approximate surface area is 134 Å². The van der Waals surface area contributed by atoms with Crippen molar-refractivity contribution in [2.75, 3.05) is 40.4 Å². The van der Waals surface area contributed by atoms with Crippen molar-refractivity contribution in [1.29, 1.82) is 0 Å². The fraction of sp³-hybridized carbons (Fsp3) is 0.923. The van der Waals surface area contributed by atoms with Gasteiger partial charge in [-0.3, -0.25) is 4.79 Å². The van der Waals surface area contributed by atoms with E-state index in [2.05, 4.69) is 10.2 Å². The Balaban J connectivity index is 0. The Bertz CT molecular complexity index is 258. The van der Waals surface area contributed by atoms with Gasteiger partial charge >= 0.3 is 0 Å². The number of carbonyl (C=O) groups excluding carboxylic acids is 1. The van der Waals surface area contributed by atoms with Gasteiger partial charge in [0.2, 0.25) is 5.91 Å². The molecule has 2 atom stereocenters. The molecule has 20 heavy (non-hydrogen) atoms. The maximum absolute atomic E-state index is 11.7. The zero-order chi connectivity index (χ0) is 13.4. The lowest BCUT2D eigenvalue weighted by Crippen LogP contribution is -2.36. The molecule has 0 aromatic carbocycles. The van der Waals surface area contributed by atoms with Gasteiger partial charge in [-0.25, -0.2) is 0 Å². The van der Waals surface area contributed by atoms with E-state index in [1.54, 1.807) is 7.11 Å². The predicted octanol–water partition coefficient (Wildman–Crippen LogP) is 1.04. The second kappa shape index (κ2) is 12.7. The van der Waals surface area contributed by atoms with Crippen molar-refractivity contribution in [3.8, 4) is 0 Å². The summed E-state index contributed by atoms with van der Waals surface area (Å²) in [5.74, 6) is 0.522. The van der Waals surface area contributed by atoms with Gasteiger partial charge in [0.1, 0.15) is 0 Å². The smallest absolute Gasteiger partial charge is 0.220 e. The molecule has 0 aromatic heterocycles. The number of hydrogen-bond acceptors (Lipinski definition) is 4. The summed E-state index contributed by atoms with van der Waals surface area (Å²) in [4.78, 5) is 13.9. The summed E-state index contributed by atoms with van der Waals surface area (Å²) in [5.41, 5.74) is 5.96. The van der Waals surface area contributed by atoms with Crippen molar-refractivity contribution in [3.63, 3.8) is 0 Å². The summed E-state index contributed by atoms with van der Waals surface area (Å²) in [6.45, 7) is 3.16. The Morgan fingerprint density at radius 1 is 1.35 bits per heavy atom. The number of nitrogens with one attached hydrogen (secondary N) is 1. The van der Waals surface area contributed by atoms with E-state index in [0.29, 0.717) is 18.9 Å². The van der Waals surface area contributed by atoms with Crippen LogP contribution < -0.4 is 11.1 Å². The van der Waals surface area contributed by atoms with Gasteiger partial charge in [-0.15, -0.1) is 24.8 Å². The minimum Gasteiger partial charge on any atom is -0.383 e. The number of hydrogen-bond donors (Lipinski definition) is 2. The lowest BCUT2D eigenvalue weighted by molar-refractivity contribution is -0.122. The first-order valence-electron chi connectivity index (χ1n) is 6.83. The number of ether oxygens (including phenoxy) is 1. The summed E-state index contributed by atoms with van der Waals surface area (Å²) in [6.07, 6.45) is 3.92. The van der Waals surface area contributed by atoms with Gasteiger partial charge < -0.3 is 20.7 Å². The second-order valence-corrected chi connectivity index (χ2v) is 5.20. The Morgan fingerprint density at radius 3 is 2.60 bits per heavy atom. The number of likely N-dealkylation sites (N-methyl/N-ethyl adjacent to an activating group) is 1. The van der Waals surface area contributed by atoms with E-state index in [1.165, 1.54) is 6.42 Å². The number of methoxy groups -OCH3 is 1. The molecule has 1 amide bonds. The van der Waals surface area contributed by atoms with E-state index < -0.39 is 0 Å². The zero-order valence-corrected chi connectivity index (χ0v) is 14.1. The highest BCUT2D eigenvalue weighted by molar-refractivity contribution is 5.85. The first-order valence-corrected chi connectivity index (χ1v) is 6.83. The average Bonchev–Trinajstić information content (AvgIpc) is 2.72. The fourth-order valence-corrected chi connectivity index (χ4v) is 2.37. The van der Waals surface area contributed by atoms with Gasteiger partial charge in [0, 0.05) is 39.2 Å². The SMILES string of the molecule is COCCN(C)CCNC(=O)C[C@@H]1CCC[C@H]1N.Cl.Cl. The molecule has 0 heterocycles. The quantitative estimate of drug-likeness (QED) is 0.698. The molecule has 122 valence electrons. The summed E-state index contributed by atoms with van der Waals surface area (Å²) < 4.78 is 5.00. The Kier molecular flexibility index (Phi) is 14.1. The molecule has 0 radical (unpaired) electrons. The molecule has 1 fully saturated rings. The highest BCUT2D eigenvalue weighted by Crippen LogP contribution is 2.26. The summed E-state index contributed by atoms with van der Waals surface area (Å²) in [6, 6.07) is 0.222. The molecule has 0 unspecified atom stereocenters. The van der Waals surface area contributed by atoms with Crippen molar-refractivity contribution in [2.45, 2.75) is 31.7 Å². The molecule has 0 bridgehead atoms. The molecule has 3 N–H and O–H groups in total. The number of carbonyl (C=O) groups is 1. The molecule has 1 rings (SSSR count). The molecule has 0 aromatic rings. The molecular formula is C13H29Cl2N3O2. The summed E-state index contributed by atoms with van der Waals surface area (Å²) in [7, 11) is 3.72. The van der Waals surface area contributed by atoms with Crippen LogP contribution in [0.3, 0.4) is 0 Å². The molecule has 0 saturated heterocycles. The number of rotatable bonds is 8. The summed E-state index contributed by atoms with van der Waals surface area (Å²) in [5, 5.41) is 2.96. The highest BCUT2D eigenvalue weighted by Gasteiger charge is 2.25. The van der Waals surface area contributed by atoms with Gasteiger partial charge in [0.15, 0.2) is 0 Å². The van der Waals surface area contributed by atoms with E-state index in [9.17, 15) is 4.79 Å². The van der Waals surface area contributed by atoms with Crippen LogP contribution in [-0.2, 0) is 9.53 Å². The molecule has 0 spiro atoms. The van der Waals surface area contributed by atoms with Crippen LogP contribution in [0.1, 0.15) is 25.7 Å². The molecule has 1 aliphatic rings. The minimum absolute atomic E-state index is 0. The van der Waals surface area contributed by atoms with Crippen LogP contribution in [0.15, 0.2) is 0 Å². The maximum Gasteiger partial charge on any atom is 0.220 e. The largest absolute Gasteiger partial charge is 0.383 e. The zero-order valence-electron chi connectivity index (χ0n) is 12.5. The number of nitrogens with zero attached hydrogens (tertiary/aromatic N) is 1. The third kappa shape index (κ3) is 8.97. The first kappa shape index (κ1) is 22.2. The van der Waals surface area contributed by atoms with E-state index in [0.717, 1.165) is 32.5 Å². The van der Waals surface area contributed by atoms with Crippen LogP contribution in [0.4, 0.5) is 0 Å². The Morgan fingerprint density at radius 2 is 2.05 bits per heavy atom. The van der Waals surface area contributed by atoms with Crippen molar-refractivity contribution in [3.05, 3.63) is 0 Å². The molecule has 5 nitrogen and oxygen atoms in total. The minimum atomic E-state index is 0. The van der Waals surface area contributed by atoms with Gasteiger partial charge in [0.25, 0.3) is 0 Å². The third-order valence-corrected chi connectivity index (χ3v) is 3.66. The standard InChI is InChI=1S/C13H27N3O2.2ClH/c1-16(8-9-18-2)7-6-15-13(17)10-11-4-3-5-12(11)14;;/h11-12H,3-10,14H2,1-2H3,(H,15,17);2*1H/t11-,12+;;/m0../s1. The fourth-order valence-electron chi connectivity index (χ4n) is 2.37. The van der Waals surface area contributed by atoms with Crippen LogP contribution in [0.25, 0.3) is 0 Å². The van der Waals surface area contributed by atoms with Gasteiger partial charge in [-0.1, -0.05) is 6.42 Å². The molecule has 1 saturated carbocycles. The number of halogens is 2. The van der Waals surface area contributed by atoms with Gasteiger partial charge in [0.05, 0.1) is 6.61 Å². The monoisotopic (exact) mass is 329 g/mol. The van der Waals surface area contributed by atoms with E-state index in [-0.39, 0.29) is 36.8 Å². The lowest BCUT2D eigenvalue weighted by atomic mass is 10.00. The second-order valence-electron chi connectivity index (χ2n) is 5.20. The van der Waals surface area contributed by atoms with Gasteiger partial charge in [-0.2, -0.15) is 0 Å². The van der Waals surface area contributed by atoms with E-state index in [4.69, 9.17) is 10.5 Å². The van der Waals surface area contributed by atoms with Crippen LogP contribution >= 0.6 is 24.8 Å². The summed E-state index contributed by atoms with van der Waals surface area (Å²) >= 11 is 0. The number of amides is 1. The average molecular weight is 330 g/mol. The topological polar surface area (TPSA) is 67.6 Å². The maximum atomic E-state index is 11.7. The molecule has 0 aliphatic heterocycles. The normalized spacial score (nSPS) is 21.2. The number of nitrogens with two attached hydrogens (primary N) is 1. The van der Waals surface area contributed by atoms with Crippen molar-refractivity contribution >= 4 is 30.7 Å². The third-order valence-electron chi connectivity index (χ3n) is 3.66. The first-order chi connectivity index (χ1) is 8.63. The molecular weight excluding hydrogens is 301 g/mol. The van der Waals surface area contributed by atoms with Crippen molar-refractivity contribution in [1.82, 2.24) is 10.2 Å².